The van der Waals surface area contributed by atoms with Crippen LogP contribution >= 0.6 is 12.4 Å². The van der Waals surface area contributed by atoms with Gasteiger partial charge in [0.05, 0.1) is 12.7 Å². The molecule has 0 aromatic carbocycles. The number of halogens is 1. The maximum absolute atomic E-state index is 5.94. The Morgan fingerprint density at radius 2 is 1.83 bits per heavy atom. The van der Waals surface area contributed by atoms with Crippen molar-refractivity contribution >= 4 is 12.4 Å². The molecule has 0 unspecified atom stereocenters. The van der Waals surface area contributed by atoms with E-state index in [1.165, 1.54) is 0 Å². The molecule has 0 aromatic heterocycles. The molecule has 0 aliphatic carbocycles. The molecule has 0 aromatic rings. The lowest BCUT2D eigenvalue weighted by Crippen LogP contribution is -2.40. The van der Waals surface area contributed by atoms with Crippen molar-refractivity contribution in [3.63, 3.8) is 0 Å². The number of nitrogens with zero attached hydrogens (tertiary/aromatic N) is 2. The summed E-state index contributed by atoms with van der Waals surface area (Å²) in [6.07, 6.45) is 2.80. The fraction of sp³-hybridized carbons (Fsp3) is 1.00. The van der Waals surface area contributed by atoms with Crippen LogP contribution in [0.1, 0.15) is 26.7 Å². The maximum Gasteiger partial charge on any atom is 0.0600 e. The molecule has 110 valence electrons. The largest absolute Gasteiger partial charge is 0.377 e. The highest BCUT2D eigenvalue weighted by atomic mass is 35.5. The van der Waals surface area contributed by atoms with Crippen molar-refractivity contribution in [2.75, 3.05) is 52.4 Å². The molecular weight excluding hydrogens is 250 g/mol. The number of nitrogens with two attached hydrogens (primary N) is 1. The van der Waals surface area contributed by atoms with E-state index in [4.69, 9.17) is 10.5 Å². The van der Waals surface area contributed by atoms with E-state index >= 15 is 0 Å². The number of ether oxygens (including phenoxy) is 1. The standard InChI is InChI=1S/C13H29N3O.ClH/c1-3-15(4-2)11-12-17-13-5-8-16(9-6-13)10-7-14;/h13H,3-12,14H2,1-2H3;1H. The molecule has 1 aliphatic rings. The Labute approximate surface area is 118 Å². The quantitative estimate of drug-likeness (QED) is 0.725. The van der Waals surface area contributed by atoms with Crippen molar-refractivity contribution in [3.8, 4) is 0 Å². The van der Waals surface area contributed by atoms with Crippen LogP contribution in [0.25, 0.3) is 0 Å². The molecule has 4 nitrogen and oxygen atoms in total. The fourth-order valence-electron chi connectivity index (χ4n) is 2.37. The van der Waals surface area contributed by atoms with Crippen LogP contribution in [0.15, 0.2) is 0 Å². The Hall–Kier alpha value is 0.130. The second-order valence-corrected chi connectivity index (χ2v) is 4.73. The number of hydrogen-bond donors (Lipinski definition) is 1. The minimum atomic E-state index is 0. The zero-order valence-electron chi connectivity index (χ0n) is 11.9. The van der Waals surface area contributed by atoms with Crippen molar-refractivity contribution in [3.05, 3.63) is 0 Å². The topological polar surface area (TPSA) is 41.7 Å². The second kappa shape index (κ2) is 11.0. The molecule has 1 fully saturated rings. The van der Waals surface area contributed by atoms with Gasteiger partial charge in [0.1, 0.15) is 0 Å². The highest BCUT2D eigenvalue weighted by molar-refractivity contribution is 5.85. The lowest BCUT2D eigenvalue weighted by atomic mass is 10.1. The van der Waals surface area contributed by atoms with Gasteiger partial charge in [-0.2, -0.15) is 0 Å². The molecule has 0 spiro atoms. The highest BCUT2D eigenvalue weighted by Gasteiger charge is 2.18. The monoisotopic (exact) mass is 279 g/mol. The van der Waals surface area contributed by atoms with E-state index in [0.29, 0.717) is 6.10 Å². The van der Waals surface area contributed by atoms with Gasteiger partial charge in [-0.25, -0.2) is 0 Å². The zero-order valence-corrected chi connectivity index (χ0v) is 12.8. The number of likely N-dealkylation sites (N-methyl/N-ethyl adjacent to an activating group) is 1. The van der Waals surface area contributed by atoms with Crippen molar-refractivity contribution < 1.29 is 4.74 Å². The molecule has 2 N–H and O–H groups in total. The third-order valence-electron chi connectivity index (χ3n) is 3.64. The summed E-state index contributed by atoms with van der Waals surface area (Å²) in [4.78, 5) is 4.84. The molecule has 18 heavy (non-hydrogen) atoms. The smallest absolute Gasteiger partial charge is 0.0600 e. The predicted octanol–water partition coefficient (Wildman–Crippen LogP) is 1.19. The van der Waals surface area contributed by atoms with Crippen molar-refractivity contribution in [1.29, 1.82) is 0 Å². The summed E-state index contributed by atoms with van der Waals surface area (Å²) in [5, 5.41) is 0. The zero-order chi connectivity index (χ0) is 12.5. The summed E-state index contributed by atoms with van der Waals surface area (Å²) in [6.45, 7) is 12.7. The lowest BCUT2D eigenvalue weighted by molar-refractivity contribution is -0.000220. The Balaban J connectivity index is 0.00000289. The third kappa shape index (κ3) is 6.90. The van der Waals surface area contributed by atoms with Crippen LogP contribution in [-0.2, 0) is 4.74 Å². The van der Waals surface area contributed by atoms with E-state index in [-0.39, 0.29) is 12.4 Å². The Kier molecular flexibility index (Phi) is 11.1. The fourth-order valence-corrected chi connectivity index (χ4v) is 2.37. The number of hydrogen-bond acceptors (Lipinski definition) is 4. The number of rotatable bonds is 8. The predicted molar refractivity (Wildman–Crippen MR) is 79.5 cm³/mol. The van der Waals surface area contributed by atoms with Gasteiger partial charge in [0, 0.05) is 32.7 Å². The van der Waals surface area contributed by atoms with Gasteiger partial charge in [-0.3, -0.25) is 0 Å². The van der Waals surface area contributed by atoms with Gasteiger partial charge in [-0.05, 0) is 25.9 Å². The summed E-state index contributed by atoms with van der Waals surface area (Å²) < 4.78 is 5.94. The Bertz CT molecular complexity index is 183. The Morgan fingerprint density at radius 3 is 2.33 bits per heavy atom. The first kappa shape index (κ1) is 18.1. The van der Waals surface area contributed by atoms with Crippen molar-refractivity contribution in [2.24, 2.45) is 5.73 Å². The van der Waals surface area contributed by atoms with Gasteiger partial charge >= 0.3 is 0 Å². The average Bonchev–Trinajstić information content (AvgIpc) is 2.37. The molecule has 0 atom stereocenters. The minimum absolute atomic E-state index is 0. The second-order valence-electron chi connectivity index (χ2n) is 4.73. The molecular formula is C13H30ClN3O. The summed E-state index contributed by atoms with van der Waals surface area (Å²) in [6, 6.07) is 0. The number of piperidine rings is 1. The van der Waals surface area contributed by atoms with Crippen LogP contribution in [0.3, 0.4) is 0 Å². The molecule has 0 bridgehead atoms. The Morgan fingerprint density at radius 1 is 1.22 bits per heavy atom. The first-order valence-corrected chi connectivity index (χ1v) is 7.06. The van der Waals surface area contributed by atoms with E-state index in [1.807, 2.05) is 0 Å². The molecule has 0 amide bonds. The SMILES string of the molecule is CCN(CC)CCOC1CCN(CCN)CC1.Cl. The van der Waals surface area contributed by atoms with Crippen LogP contribution in [0.2, 0.25) is 0 Å². The first-order chi connectivity index (χ1) is 8.30. The van der Waals surface area contributed by atoms with Gasteiger partial charge in [0.2, 0.25) is 0 Å². The normalized spacial score (nSPS) is 18.0. The molecule has 1 heterocycles. The molecule has 0 radical (unpaired) electrons. The van der Waals surface area contributed by atoms with Crippen LogP contribution in [0, 0.1) is 0 Å². The van der Waals surface area contributed by atoms with E-state index in [1.54, 1.807) is 0 Å². The van der Waals surface area contributed by atoms with Crippen molar-refractivity contribution in [1.82, 2.24) is 9.80 Å². The molecule has 5 heteroatoms. The van der Waals surface area contributed by atoms with Gasteiger partial charge in [0.25, 0.3) is 0 Å². The van der Waals surface area contributed by atoms with Gasteiger partial charge in [-0.1, -0.05) is 13.8 Å². The maximum atomic E-state index is 5.94. The van der Waals surface area contributed by atoms with E-state index in [2.05, 4.69) is 23.6 Å². The summed E-state index contributed by atoms with van der Waals surface area (Å²) in [7, 11) is 0. The van der Waals surface area contributed by atoms with Crippen LogP contribution in [0.4, 0.5) is 0 Å². The van der Waals surface area contributed by atoms with Crippen LogP contribution in [-0.4, -0.2) is 68.3 Å². The van der Waals surface area contributed by atoms with E-state index in [0.717, 1.165) is 65.3 Å². The molecule has 0 saturated carbocycles. The van der Waals surface area contributed by atoms with Crippen LogP contribution in [0.5, 0.6) is 0 Å². The lowest BCUT2D eigenvalue weighted by Gasteiger charge is -2.32. The van der Waals surface area contributed by atoms with Gasteiger partial charge < -0.3 is 20.3 Å². The third-order valence-corrected chi connectivity index (χ3v) is 3.64. The number of likely N-dealkylation sites (tertiary alicyclic amines) is 1. The molecule has 1 aliphatic heterocycles. The minimum Gasteiger partial charge on any atom is -0.377 e. The first-order valence-electron chi connectivity index (χ1n) is 7.06. The van der Waals surface area contributed by atoms with Crippen molar-refractivity contribution in [2.45, 2.75) is 32.8 Å². The summed E-state index contributed by atoms with van der Waals surface area (Å²) >= 11 is 0. The average molecular weight is 280 g/mol. The summed E-state index contributed by atoms with van der Waals surface area (Å²) in [5.41, 5.74) is 5.56. The molecule has 1 saturated heterocycles. The van der Waals surface area contributed by atoms with E-state index < -0.39 is 0 Å². The van der Waals surface area contributed by atoms with Crippen LogP contribution < -0.4 is 5.73 Å². The summed E-state index contributed by atoms with van der Waals surface area (Å²) in [5.74, 6) is 0. The van der Waals surface area contributed by atoms with Gasteiger partial charge in [-0.15, -0.1) is 12.4 Å². The van der Waals surface area contributed by atoms with Gasteiger partial charge in [0.15, 0.2) is 0 Å². The molecule has 1 rings (SSSR count). The highest BCUT2D eigenvalue weighted by Crippen LogP contribution is 2.13. The van der Waals surface area contributed by atoms with E-state index in [9.17, 15) is 0 Å².